The van der Waals surface area contributed by atoms with E-state index < -0.39 is 29.5 Å². The number of anilines is 1. The molecule has 2 N–H and O–H groups in total. The number of carboxylic acids is 1. The van der Waals surface area contributed by atoms with Crippen LogP contribution in [0.3, 0.4) is 0 Å². The summed E-state index contributed by atoms with van der Waals surface area (Å²) in [5.74, 6) is -2.69. The van der Waals surface area contributed by atoms with Crippen LogP contribution in [0.5, 0.6) is 0 Å². The molecule has 1 aromatic heterocycles. The van der Waals surface area contributed by atoms with Crippen LogP contribution in [-0.2, 0) is 20.9 Å². The predicted molar refractivity (Wildman–Crippen MR) is 117 cm³/mol. The topological polar surface area (TPSA) is 109 Å². The molecule has 3 aromatic rings. The number of halogens is 1. The minimum Gasteiger partial charge on any atom is -0.480 e. The van der Waals surface area contributed by atoms with E-state index >= 15 is 0 Å². The van der Waals surface area contributed by atoms with Crippen molar-refractivity contribution in [2.75, 3.05) is 11.9 Å². The van der Waals surface area contributed by atoms with Gasteiger partial charge in [-0.25, -0.2) is 4.39 Å². The Hall–Kier alpha value is -3.92. The third-order valence-electron chi connectivity index (χ3n) is 4.71. The van der Waals surface area contributed by atoms with E-state index in [1.54, 1.807) is 22.9 Å². The first kappa shape index (κ1) is 21.3. The van der Waals surface area contributed by atoms with Crippen LogP contribution in [0.2, 0.25) is 0 Å². The van der Waals surface area contributed by atoms with E-state index in [9.17, 15) is 23.6 Å². The molecule has 1 saturated heterocycles. The number of carbonyl (C=O) groups excluding carboxylic acids is 3. The van der Waals surface area contributed by atoms with Gasteiger partial charge < -0.3 is 15.0 Å². The molecule has 4 rings (SSSR count). The van der Waals surface area contributed by atoms with Crippen molar-refractivity contribution in [2.45, 2.75) is 6.54 Å². The molecular formula is C22H16FN3O5S. The Morgan fingerprint density at radius 1 is 1.06 bits per heavy atom. The predicted octanol–water partition coefficient (Wildman–Crippen LogP) is 3.54. The van der Waals surface area contributed by atoms with Crippen LogP contribution >= 0.6 is 11.8 Å². The molecule has 3 amide bonds. The van der Waals surface area contributed by atoms with Gasteiger partial charge in [-0.15, -0.1) is 0 Å². The van der Waals surface area contributed by atoms with E-state index in [1.165, 1.54) is 30.3 Å². The summed E-state index contributed by atoms with van der Waals surface area (Å²) >= 11 is 0.669. The second-order valence-electron chi connectivity index (χ2n) is 6.95. The van der Waals surface area contributed by atoms with E-state index in [1.807, 2.05) is 12.1 Å². The van der Waals surface area contributed by atoms with Gasteiger partial charge >= 0.3 is 5.97 Å². The molecule has 0 unspecified atom stereocenters. The molecule has 2 heterocycles. The number of hydrogen-bond acceptors (Lipinski definition) is 5. The highest BCUT2D eigenvalue weighted by Gasteiger charge is 2.36. The van der Waals surface area contributed by atoms with E-state index in [0.29, 0.717) is 27.9 Å². The number of nitrogens with one attached hydrogen (secondary N) is 1. The van der Waals surface area contributed by atoms with Crippen molar-refractivity contribution in [3.8, 4) is 0 Å². The number of aliphatic carboxylic acids is 1. The van der Waals surface area contributed by atoms with Gasteiger partial charge in [0.05, 0.1) is 4.91 Å². The van der Waals surface area contributed by atoms with Gasteiger partial charge in [-0.1, -0.05) is 18.2 Å². The third kappa shape index (κ3) is 4.40. The molecule has 1 aliphatic rings. The van der Waals surface area contributed by atoms with Crippen LogP contribution in [0.25, 0.3) is 17.0 Å². The Morgan fingerprint density at radius 2 is 1.78 bits per heavy atom. The standard InChI is InChI=1S/C22H16FN3O5S/c23-14-5-7-15(8-6-14)24-19(27)11-25-10-13(16-3-1-2-4-17(16)25)9-18-21(30)26(12-20(28)29)22(31)32-18/h1-10H,11-12H2,(H,24,27)(H,28,29)/b18-9+. The Kier molecular flexibility index (Phi) is 5.78. The zero-order chi connectivity index (χ0) is 22.8. The minimum atomic E-state index is -1.28. The van der Waals surface area contributed by atoms with E-state index in [0.717, 1.165) is 10.9 Å². The Balaban J connectivity index is 1.60. The van der Waals surface area contributed by atoms with Crippen LogP contribution in [0.1, 0.15) is 5.56 Å². The fourth-order valence-corrected chi connectivity index (χ4v) is 4.15. The fraction of sp³-hybridized carbons (Fsp3) is 0.0909. The maximum atomic E-state index is 13.1. The number of nitrogens with zero attached hydrogens (tertiary/aromatic N) is 2. The smallest absolute Gasteiger partial charge is 0.323 e. The Labute approximate surface area is 185 Å². The number of amides is 3. The number of thioether (sulfide) groups is 1. The van der Waals surface area contributed by atoms with Gasteiger partial charge in [0, 0.05) is 28.4 Å². The summed E-state index contributed by atoms with van der Waals surface area (Å²) in [4.78, 5) is 48.7. The highest BCUT2D eigenvalue weighted by atomic mass is 32.2. The van der Waals surface area contributed by atoms with Crippen molar-refractivity contribution in [3.05, 3.63) is 71.0 Å². The molecule has 1 aliphatic heterocycles. The molecule has 32 heavy (non-hydrogen) atoms. The van der Waals surface area contributed by atoms with E-state index in [2.05, 4.69) is 5.32 Å². The molecule has 162 valence electrons. The van der Waals surface area contributed by atoms with Gasteiger partial charge in [0.2, 0.25) is 5.91 Å². The molecule has 1 fully saturated rings. The number of aromatic nitrogens is 1. The summed E-state index contributed by atoms with van der Waals surface area (Å²) in [7, 11) is 0. The van der Waals surface area contributed by atoms with Gasteiger partial charge in [-0.05, 0) is 48.2 Å². The first-order valence-electron chi connectivity index (χ1n) is 9.42. The molecule has 0 radical (unpaired) electrons. The summed E-state index contributed by atoms with van der Waals surface area (Å²) in [6.45, 7) is -0.737. The van der Waals surface area contributed by atoms with Gasteiger partial charge in [-0.2, -0.15) is 0 Å². The highest BCUT2D eigenvalue weighted by molar-refractivity contribution is 8.18. The number of carboxylic acid groups (broad SMARTS) is 1. The molecule has 10 heteroatoms. The largest absolute Gasteiger partial charge is 0.480 e. The molecule has 0 spiro atoms. The third-order valence-corrected chi connectivity index (χ3v) is 5.62. The maximum Gasteiger partial charge on any atom is 0.323 e. The summed E-state index contributed by atoms with van der Waals surface area (Å²) in [6.07, 6.45) is 3.20. The lowest BCUT2D eigenvalue weighted by atomic mass is 10.1. The number of benzene rings is 2. The number of fused-ring (bicyclic) bond motifs is 1. The van der Waals surface area contributed by atoms with Crippen molar-refractivity contribution in [1.82, 2.24) is 9.47 Å². The molecular weight excluding hydrogens is 437 g/mol. The maximum absolute atomic E-state index is 13.1. The van der Waals surface area contributed by atoms with Crippen molar-refractivity contribution in [3.63, 3.8) is 0 Å². The fourth-order valence-electron chi connectivity index (χ4n) is 3.32. The van der Waals surface area contributed by atoms with Crippen molar-refractivity contribution in [2.24, 2.45) is 0 Å². The molecule has 0 bridgehead atoms. The average molecular weight is 453 g/mol. The normalized spacial score (nSPS) is 15.0. The molecule has 0 aliphatic carbocycles. The second-order valence-corrected chi connectivity index (χ2v) is 7.94. The van der Waals surface area contributed by atoms with Crippen molar-refractivity contribution >= 4 is 57.5 Å². The summed E-state index contributed by atoms with van der Waals surface area (Å²) in [5, 5.41) is 11.7. The SMILES string of the molecule is O=C(O)CN1C(=O)S/C(=C/c2cn(CC(=O)Nc3ccc(F)cc3)c3ccccc23)C1=O. The number of para-hydroxylation sites is 1. The van der Waals surface area contributed by atoms with Crippen molar-refractivity contribution < 1.29 is 28.7 Å². The molecule has 0 atom stereocenters. The minimum absolute atomic E-state index is 0.0355. The monoisotopic (exact) mass is 453 g/mol. The van der Waals surface area contributed by atoms with Gasteiger partial charge in [0.1, 0.15) is 18.9 Å². The summed E-state index contributed by atoms with van der Waals surface area (Å²) in [5.41, 5.74) is 1.80. The van der Waals surface area contributed by atoms with Crippen LogP contribution in [0.4, 0.5) is 14.9 Å². The average Bonchev–Trinajstić information content (AvgIpc) is 3.22. The zero-order valence-corrected chi connectivity index (χ0v) is 17.3. The Bertz CT molecular complexity index is 1280. The molecule has 0 saturated carbocycles. The second kappa shape index (κ2) is 8.67. The van der Waals surface area contributed by atoms with E-state index in [4.69, 9.17) is 5.11 Å². The number of carbonyl (C=O) groups is 4. The molecule has 8 nitrogen and oxygen atoms in total. The summed E-state index contributed by atoms with van der Waals surface area (Å²) in [6, 6.07) is 12.6. The van der Waals surface area contributed by atoms with Crippen LogP contribution in [0, 0.1) is 5.82 Å². The lowest BCUT2D eigenvalue weighted by Gasteiger charge is -2.07. The lowest BCUT2D eigenvalue weighted by molar-refractivity contribution is -0.140. The summed E-state index contributed by atoms with van der Waals surface area (Å²) < 4.78 is 14.7. The quantitative estimate of drug-likeness (QED) is 0.553. The van der Waals surface area contributed by atoms with Gasteiger partial charge in [-0.3, -0.25) is 24.1 Å². The van der Waals surface area contributed by atoms with Crippen LogP contribution in [0.15, 0.2) is 59.6 Å². The van der Waals surface area contributed by atoms with E-state index in [-0.39, 0.29) is 17.4 Å². The first-order valence-corrected chi connectivity index (χ1v) is 10.2. The first-order chi connectivity index (χ1) is 15.3. The zero-order valence-electron chi connectivity index (χ0n) is 16.4. The van der Waals surface area contributed by atoms with Crippen molar-refractivity contribution in [1.29, 1.82) is 0 Å². The number of hydrogen-bond donors (Lipinski definition) is 2. The highest BCUT2D eigenvalue weighted by Crippen LogP contribution is 2.34. The number of imide groups is 1. The van der Waals surface area contributed by atoms with Crippen LogP contribution in [-0.4, -0.2) is 44.1 Å². The van der Waals surface area contributed by atoms with Gasteiger partial charge in [0.25, 0.3) is 11.1 Å². The van der Waals surface area contributed by atoms with Crippen LogP contribution < -0.4 is 5.32 Å². The lowest BCUT2D eigenvalue weighted by Crippen LogP contribution is -2.33. The molecule has 2 aromatic carbocycles. The van der Waals surface area contributed by atoms with Gasteiger partial charge in [0.15, 0.2) is 0 Å². The number of rotatable bonds is 6. The Morgan fingerprint density at radius 3 is 2.50 bits per heavy atom.